The van der Waals surface area contributed by atoms with Crippen molar-refractivity contribution < 1.29 is 9.59 Å². The molecule has 7 heteroatoms. The lowest BCUT2D eigenvalue weighted by atomic mass is 10.1. The summed E-state index contributed by atoms with van der Waals surface area (Å²) in [6, 6.07) is -0.787. The van der Waals surface area contributed by atoms with Crippen molar-refractivity contribution in [1.82, 2.24) is 20.0 Å². The van der Waals surface area contributed by atoms with Gasteiger partial charge in [0.15, 0.2) is 18.2 Å². The molecule has 3 amide bonds. The van der Waals surface area contributed by atoms with E-state index >= 15 is 0 Å². The Labute approximate surface area is 119 Å². The number of nitrogens with one attached hydrogen (secondary N) is 1. The van der Waals surface area contributed by atoms with E-state index in [1.807, 2.05) is 4.90 Å². The van der Waals surface area contributed by atoms with Gasteiger partial charge >= 0.3 is 6.03 Å². The van der Waals surface area contributed by atoms with Gasteiger partial charge < -0.3 is 14.7 Å². The number of guanidine groups is 1. The predicted octanol–water partition coefficient (Wildman–Crippen LogP) is 0.286. The van der Waals surface area contributed by atoms with Crippen LogP contribution >= 0.6 is 0 Å². The van der Waals surface area contributed by atoms with E-state index in [-0.39, 0.29) is 11.9 Å². The molecule has 0 aliphatic carbocycles. The number of rotatable bonds is 4. The first-order valence-corrected chi connectivity index (χ1v) is 7.22. The maximum absolute atomic E-state index is 12.2. The van der Waals surface area contributed by atoms with Gasteiger partial charge in [-0.2, -0.15) is 0 Å². The highest BCUT2D eigenvalue weighted by atomic mass is 16.2. The number of aliphatic imine (C=N–C) groups is 1. The van der Waals surface area contributed by atoms with E-state index in [0.717, 1.165) is 32.0 Å². The lowest BCUT2D eigenvalue weighted by Gasteiger charge is -2.37. The van der Waals surface area contributed by atoms with Gasteiger partial charge in [0.25, 0.3) is 5.91 Å². The summed E-state index contributed by atoms with van der Waals surface area (Å²) in [6.07, 6.45) is 0.507. The SMILES string of the molecule is CCCN1C(N(CC)CC)=NC2C1C(=O)NC(=O)N2C. The number of urea groups is 1. The van der Waals surface area contributed by atoms with Crippen molar-refractivity contribution in [3.8, 4) is 0 Å². The second-order valence-corrected chi connectivity index (χ2v) is 5.06. The fraction of sp³-hybridized carbons (Fsp3) is 0.769. The minimum atomic E-state index is -0.418. The zero-order chi connectivity index (χ0) is 14.9. The Hall–Kier alpha value is -1.79. The summed E-state index contributed by atoms with van der Waals surface area (Å²) in [5, 5.41) is 2.40. The van der Waals surface area contributed by atoms with Gasteiger partial charge in [0.1, 0.15) is 0 Å². The molecule has 0 radical (unpaired) electrons. The van der Waals surface area contributed by atoms with Crippen LogP contribution < -0.4 is 5.32 Å². The minimum absolute atomic E-state index is 0.252. The summed E-state index contributed by atoms with van der Waals surface area (Å²) in [6.45, 7) is 8.61. The quantitative estimate of drug-likeness (QED) is 0.804. The zero-order valence-electron chi connectivity index (χ0n) is 12.6. The van der Waals surface area contributed by atoms with Crippen molar-refractivity contribution in [2.24, 2.45) is 4.99 Å². The molecule has 0 bridgehead atoms. The van der Waals surface area contributed by atoms with Gasteiger partial charge in [-0.25, -0.2) is 9.79 Å². The molecule has 0 aromatic carbocycles. The molecular formula is C13H23N5O2. The van der Waals surface area contributed by atoms with Crippen LogP contribution in [0.25, 0.3) is 0 Å². The molecule has 2 heterocycles. The molecular weight excluding hydrogens is 258 g/mol. The van der Waals surface area contributed by atoms with Crippen LogP contribution in [0.5, 0.6) is 0 Å². The zero-order valence-corrected chi connectivity index (χ0v) is 12.6. The van der Waals surface area contributed by atoms with Gasteiger partial charge in [-0.3, -0.25) is 10.1 Å². The number of hydrogen-bond acceptors (Lipinski definition) is 5. The molecule has 0 aromatic heterocycles. The van der Waals surface area contributed by atoms with Crippen LogP contribution in [0.4, 0.5) is 4.79 Å². The van der Waals surface area contributed by atoms with Gasteiger partial charge in [-0.1, -0.05) is 6.92 Å². The molecule has 1 N–H and O–H groups in total. The lowest BCUT2D eigenvalue weighted by Crippen LogP contribution is -2.64. The summed E-state index contributed by atoms with van der Waals surface area (Å²) in [5.74, 6) is 0.570. The summed E-state index contributed by atoms with van der Waals surface area (Å²) in [7, 11) is 1.68. The van der Waals surface area contributed by atoms with Crippen LogP contribution in [0.1, 0.15) is 27.2 Å². The molecule has 0 aromatic rings. The molecule has 7 nitrogen and oxygen atoms in total. The van der Waals surface area contributed by atoms with Crippen molar-refractivity contribution in [2.45, 2.75) is 39.4 Å². The van der Waals surface area contributed by atoms with Crippen molar-refractivity contribution in [3.63, 3.8) is 0 Å². The van der Waals surface area contributed by atoms with Gasteiger partial charge in [0.2, 0.25) is 0 Å². The van der Waals surface area contributed by atoms with Crippen molar-refractivity contribution in [2.75, 3.05) is 26.7 Å². The van der Waals surface area contributed by atoms with Crippen LogP contribution in [0, 0.1) is 0 Å². The standard InChI is InChI=1S/C13H23N5O2/c1-5-8-18-9-10(14-12(18)17(6-2)7-3)16(4)13(20)15-11(9)19/h9-10H,5-8H2,1-4H3,(H,15,19,20). The van der Waals surface area contributed by atoms with E-state index in [0.29, 0.717) is 0 Å². The lowest BCUT2D eigenvalue weighted by molar-refractivity contribution is -0.127. The Balaban J connectivity index is 2.35. The molecule has 20 heavy (non-hydrogen) atoms. The third-order valence-corrected chi connectivity index (χ3v) is 3.85. The third-order valence-electron chi connectivity index (χ3n) is 3.85. The van der Waals surface area contributed by atoms with Crippen LogP contribution in [0.2, 0.25) is 0 Å². The van der Waals surface area contributed by atoms with E-state index in [1.54, 1.807) is 7.05 Å². The molecule has 2 rings (SSSR count). The Kier molecular flexibility index (Phi) is 4.15. The maximum Gasteiger partial charge on any atom is 0.325 e. The van der Waals surface area contributed by atoms with Crippen LogP contribution in [0.3, 0.4) is 0 Å². The highest BCUT2D eigenvalue weighted by Gasteiger charge is 2.49. The summed E-state index contributed by atoms with van der Waals surface area (Å²) in [4.78, 5) is 34.2. The molecule has 112 valence electrons. The average molecular weight is 281 g/mol. The van der Waals surface area contributed by atoms with Gasteiger partial charge in [-0.05, 0) is 20.3 Å². The molecule has 2 unspecified atom stereocenters. The highest BCUT2D eigenvalue weighted by Crippen LogP contribution is 2.25. The van der Waals surface area contributed by atoms with E-state index in [9.17, 15) is 9.59 Å². The highest BCUT2D eigenvalue weighted by molar-refractivity contribution is 6.03. The van der Waals surface area contributed by atoms with Crippen LogP contribution in [-0.2, 0) is 4.79 Å². The number of likely N-dealkylation sites (N-methyl/N-ethyl adjacent to an activating group) is 1. The molecule has 0 saturated carbocycles. The van der Waals surface area contributed by atoms with Crippen molar-refractivity contribution >= 4 is 17.9 Å². The largest absolute Gasteiger partial charge is 0.343 e. The number of nitrogens with zero attached hydrogens (tertiary/aromatic N) is 4. The fourth-order valence-corrected chi connectivity index (χ4v) is 2.76. The van der Waals surface area contributed by atoms with Crippen molar-refractivity contribution in [1.29, 1.82) is 0 Å². The molecule has 2 aliphatic heterocycles. The predicted molar refractivity (Wildman–Crippen MR) is 76.2 cm³/mol. The number of fused-ring (bicyclic) bond motifs is 1. The van der Waals surface area contributed by atoms with Gasteiger partial charge in [0.05, 0.1) is 0 Å². The number of carbonyl (C=O) groups is 2. The summed E-state index contributed by atoms with van der Waals surface area (Å²) >= 11 is 0. The van der Waals surface area contributed by atoms with E-state index in [2.05, 4.69) is 36.0 Å². The van der Waals surface area contributed by atoms with Crippen LogP contribution in [0.15, 0.2) is 4.99 Å². The number of carbonyl (C=O) groups excluding carboxylic acids is 2. The van der Waals surface area contributed by atoms with E-state index < -0.39 is 12.2 Å². The second-order valence-electron chi connectivity index (χ2n) is 5.06. The van der Waals surface area contributed by atoms with Crippen LogP contribution in [-0.4, -0.2) is 71.5 Å². The first-order chi connectivity index (χ1) is 9.54. The first kappa shape index (κ1) is 14.6. The van der Waals surface area contributed by atoms with Gasteiger partial charge in [-0.15, -0.1) is 0 Å². The summed E-state index contributed by atoms with van der Waals surface area (Å²) in [5.41, 5.74) is 0. The number of amides is 3. The second kappa shape index (κ2) is 5.68. The molecule has 2 aliphatic rings. The Morgan fingerprint density at radius 1 is 1.25 bits per heavy atom. The van der Waals surface area contributed by atoms with Crippen molar-refractivity contribution in [3.05, 3.63) is 0 Å². The Morgan fingerprint density at radius 2 is 1.90 bits per heavy atom. The summed E-state index contributed by atoms with van der Waals surface area (Å²) < 4.78 is 0. The molecule has 1 fully saturated rings. The molecule has 2 atom stereocenters. The van der Waals surface area contributed by atoms with E-state index in [4.69, 9.17) is 0 Å². The number of hydrogen-bond donors (Lipinski definition) is 1. The smallest absolute Gasteiger partial charge is 0.325 e. The first-order valence-electron chi connectivity index (χ1n) is 7.22. The van der Waals surface area contributed by atoms with Gasteiger partial charge in [0, 0.05) is 26.7 Å². The average Bonchev–Trinajstić information content (AvgIpc) is 2.79. The number of imide groups is 1. The fourth-order valence-electron chi connectivity index (χ4n) is 2.76. The Morgan fingerprint density at radius 3 is 2.45 bits per heavy atom. The normalized spacial score (nSPS) is 25.5. The topological polar surface area (TPSA) is 68.2 Å². The molecule has 1 saturated heterocycles. The monoisotopic (exact) mass is 281 g/mol. The maximum atomic E-state index is 12.2. The molecule has 0 spiro atoms. The van der Waals surface area contributed by atoms with E-state index in [1.165, 1.54) is 4.90 Å². The minimum Gasteiger partial charge on any atom is -0.343 e. The Bertz CT molecular complexity index is 432. The third kappa shape index (κ3) is 2.21.